The van der Waals surface area contributed by atoms with Crippen LogP contribution in [-0.2, 0) is 9.53 Å². The maximum atomic E-state index is 11.8. The van der Waals surface area contributed by atoms with Gasteiger partial charge in [0.15, 0.2) is 0 Å². The van der Waals surface area contributed by atoms with Crippen molar-refractivity contribution in [3.8, 4) is 0 Å². The van der Waals surface area contributed by atoms with Gasteiger partial charge in [0.05, 0.1) is 5.41 Å². The van der Waals surface area contributed by atoms with Gasteiger partial charge in [-0.15, -0.1) is 0 Å². The van der Waals surface area contributed by atoms with E-state index in [-0.39, 0.29) is 11.4 Å². The van der Waals surface area contributed by atoms with Gasteiger partial charge in [0.2, 0.25) is 0 Å². The molecule has 1 aliphatic carbocycles. The first-order valence-corrected chi connectivity index (χ1v) is 5.64. The van der Waals surface area contributed by atoms with Gasteiger partial charge >= 0.3 is 5.97 Å². The van der Waals surface area contributed by atoms with E-state index in [1.165, 1.54) is 11.1 Å². The lowest BCUT2D eigenvalue weighted by Crippen LogP contribution is -2.22. The third-order valence-electron chi connectivity index (χ3n) is 3.59. The summed E-state index contributed by atoms with van der Waals surface area (Å²) in [6, 6.07) is 8.42. The van der Waals surface area contributed by atoms with Gasteiger partial charge < -0.3 is 4.74 Å². The molecule has 0 bridgehead atoms. The largest absolute Gasteiger partial charge is 0.461 e. The summed E-state index contributed by atoms with van der Waals surface area (Å²) in [7, 11) is 0. The number of rotatable bonds is 1. The van der Waals surface area contributed by atoms with E-state index < -0.39 is 0 Å². The molecule has 2 heteroatoms. The van der Waals surface area contributed by atoms with Crippen LogP contribution in [0.2, 0.25) is 0 Å². The van der Waals surface area contributed by atoms with Gasteiger partial charge in [0, 0.05) is 5.92 Å². The van der Waals surface area contributed by atoms with Gasteiger partial charge in [0.25, 0.3) is 0 Å². The molecule has 2 aliphatic rings. The van der Waals surface area contributed by atoms with Crippen LogP contribution in [0.4, 0.5) is 0 Å². The fourth-order valence-corrected chi connectivity index (χ4v) is 2.49. The van der Waals surface area contributed by atoms with Gasteiger partial charge in [-0.2, -0.15) is 0 Å². The second-order valence-corrected chi connectivity index (χ2v) is 4.71. The van der Waals surface area contributed by atoms with E-state index in [1.807, 2.05) is 12.2 Å². The predicted octanol–water partition coefficient (Wildman–Crippen LogP) is 2.58. The molecule has 1 aromatic carbocycles. The zero-order valence-electron chi connectivity index (χ0n) is 9.27. The molecule has 82 valence electrons. The van der Waals surface area contributed by atoms with Crippen LogP contribution in [0.5, 0.6) is 0 Å². The van der Waals surface area contributed by atoms with Crippen LogP contribution in [0.3, 0.4) is 0 Å². The van der Waals surface area contributed by atoms with Crippen molar-refractivity contribution in [1.29, 1.82) is 0 Å². The summed E-state index contributed by atoms with van der Waals surface area (Å²) in [5, 5.41) is 0. The van der Waals surface area contributed by atoms with Gasteiger partial charge in [-0.1, -0.05) is 42.0 Å². The van der Waals surface area contributed by atoms with Crippen molar-refractivity contribution in [2.75, 3.05) is 6.61 Å². The van der Waals surface area contributed by atoms with Crippen LogP contribution >= 0.6 is 0 Å². The molecule has 1 saturated carbocycles. The first kappa shape index (κ1) is 9.64. The minimum atomic E-state index is -0.340. The number of cyclic esters (lactones) is 1. The number of ether oxygens (including phenoxy) is 1. The average Bonchev–Trinajstić information content (AvgIpc) is 3.00. The van der Waals surface area contributed by atoms with Gasteiger partial charge in [-0.05, 0) is 18.9 Å². The fourth-order valence-electron chi connectivity index (χ4n) is 2.49. The fraction of sp³-hybridized carbons (Fsp3) is 0.357. The highest BCUT2D eigenvalue weighted by molar-refractivity contribution is 5.85. The maximum absolute atomic E-state index is 11.8. The molecule has 2 nitrogen and oxygen atoms in total. The standard InChI is InChI=1S/C14H14O2/c1-10-3-5-11(6-4-10)12-9-14(12)7-2-8-16-13(14)15/h2-7,12H,8-9H2,1H3/t12-,14+/m1/s1. The number of carbonyl (C=O) groups is 1. The molecule has 1 heterocycles. The Labute approximate surface area is 94.9 Å². The van der Waals surface area contributed by atoms with E-state index in [0.29, 0.717) is 12.5 Å². The predicted molar refractivity (Wildman–Crippen MR) is 61.1 cm³/mol. The van der Waals surface area contributed by atoms with Gasteiger partial charge in [-0.25, -0.2) is 0 Å². The smallest absolute Gasteiger partial charge is 0.316 e. The van der Waals surface area contributed by atoms with Crippen LogP contribution in [0.1, 0.15) is 23.5 Å². The van der Waals surface area contributed by atoms with Gasteiger partial charge in [-0.3, -0.25) is 4.79 Å². The summed E-state index contributed by atoms with van der Waals surface area (Å²) in [5.74, 6) is 0.262. The third-order valence-corrected chi connectivity index (χ3v) is 3.59. The van der Waals surface area contributed by atoms with E-state index in [0.717, 1.165) is 6.42 Å². The monoisotopic (exact) mass is 214 g/mol. The van der Waals surface area contributed by atoms with Crippen molar-refractivity contribution in [1.82, 2.24) is 0 Å². The summed E-state index contributed by atoms with van der Waals surface area (Å²) in [6.45, 7) is 2.50. The lowest BCUT2D eigenvalue weighted by molar-refractivity contribution is -0.148. The van der Waals surface area contributed by atoms with Crippen molar-refractivity contribution in [2.24, 2.45) is 5.41 Å². The molecule has 16 heavy (non-hydrogen) atoms. The van der Waals surface area contributed by atoms with Crippen LogP contribution in [0.25, 0.3) is 0 Å². The van der Waals surface area contributed by atoms with E-state index in [4.69, 9.17) is 4.74 Å². The number of benzene rings is 1. The highest BCUT2D eigenvalue weighted by atomic mass is 16.5. The van der Waals surface area contributed by atoms with Gasteiger partial charge in [0.1, 0.15) is 6.61 Å². The Morgan fingerprint density at radius 3 is 2.75 bits per heavy atom. The maximum Gasteiger partial charge on any atom is 0.316 e. The molecule has 0 aromatic heterocycles. The minimum Gasteiger partial charge on any atom is -0.461 e. The van der Waals surface area contributed by atoms with Crippen molar-refractivity contribution in [2.45, 2.75) is 19.3 Å². The number of esters is 1. The van der Waals surface area contributed by atoms with Crippen molar-refractivity contribution < 1.29 is 9.53 Å². The van der Waals surface area contributed by atoms with Crippen LogP contribution in [-0.4, -0.2) is 12.6 Å². The number of hydrogen-bond donors (Lipinski definition) is 0. The Morgan fingerprint density at radius 1 is 1.31 bits per heavy atom. The summed E-state index contributed by atoms with van der Waals surface area (Å²) in [4.78, 5) is 11.8. The molecule has 2 atom stereocenters. The summed E-state index contributed by atoms with van der Waals surface area (Å²) in [6.07, 6.45) is 4.88. The second-order valence-electron chi connectivity index (χ2n) is 4.71. The number of hydrogen-bond acceptors (Lipinski definition) is 2. The van der Waals surface area contributed by atoms with Crippen molar-refractivity contribution >= 4 is 5.97 Å². The summed E-state index contributed by atoms with van der Waals surface area (Å²) in [5.41, 5.74) is 2.15. The quantitative estimate of drug-likeness (QED) is 0.530. The molecular weight excluding hydrogens is 200 g/mol. The van der Waals surface area contributed by atoms with Crippen LogP contribution < -0.4 is 0 Å². The molecule has 0 radical (unpaired) electrons. The molecule has 3 rings (SSSR count). The van der Waals surface area contributed by atoms with E-state index >= 15 is 0 Å². The van der Waals surface area contributed by atoms with Crippen LogP contribution in [0, 0.1) is 12.3 Å². The highest BCUT2D eigenvalue weighted by Crippen LogP contribution is 2.61. The summed E-state index contributed by atoms with van der Waals surface area (Å²) < 4.78 is 5.11. The number of aryl methyl sites for hydroxylation is 1. The minimum absolute atomic E-state index is 0.0550. The summed E-state index contributed by atoms with van der Waals surface area (Å²) >= 11 is 0. The Morgan fingerprint density at radius 2 is 2.06 bits per heavy atom. The molecule has 1 spiro atoms. The van der Waals surface area contributed by atoms with E-state index in [2.05, 4.69) is 31.2 Å². The SMILES string of the molecule is Cc1ccc([C@H]2C[C@@]23C=CCOC3=O)cc1. The second kappa shape index (κ2) is 3.21. The first-order valence-electron chi connectivity index (χ1n) is 5.64. The molecule has 1 aliphatic heterocycles. The molecule has 0 amide bonds. The zero-order valence-corrected chi connectivity index (χ0v) is 9.27. The Bertz CT molecular complexity index is 458. The molecule has 0 N–H and O–H groups in total. The lowest BCUT2D eigenvalue weighted by atomic mass is 9.97. The number of carbonyl (C=O) groups excluding carboxylic acids is 1. The van der Waals surface area contributed by atoms with E-state index in [1.54, 1.807) is 0 Å². The van der Waals surface area contributed by atoms with E-state index in [9.17, 15) is 4.79 Å². The third kappa shape index (κ3) is 1.29. The molecular formula is C14H14O2. The Kier molecular flexibility index (Phi) is 1.93. The Balaban J connectivity index is 1.90. The zero-order chi connectivity index (χ0) is 11.2. The molecule has 0 saturated heterocycles. The van der Waals surface area contributed by atoms with Crippen molar-refractivity contribution in [3.05, 3.63) is 47.5 Å². The normalized spacial score (nSPS) is 31.6. The molecule has 0 unspecified atom stereocenters. The molecule has 1 fully saturated rings. The first-order chi connectivity index (χ1) is 7.72. The lowest BCUT2D eigenvalue weighted by Gasteiger charge is -2.16. The Hall–Kier alpha value is -1.57. The molecule has 1 aromatic rings. The highest BCUT2D eigenvalue weighted by Gasteiger charge is 2.60. The van der Waals surface area contributed by atoms with Crippen molar-refractivity contribution in [3.63, 3.8) is 0 Å². The average molecular weight is 214 g/mol. The topological polar surface area (TPSA) is 26.3 Å². The van der Waals surface area contributed by atoms with Crippen LogP contribution in [0.15, 0.2) is 36.4 Å².